The van der Waals surface area contributed by atoms with Gasteiger partial charge in [0.15, 0.2) is 0 Å². The highest BCUT2D eigenvalue weighted by atomic mass is 16.5. The van der Waals surface area contributed by atoms with Gasteiger partial charge in [0.2, 0.25) is 0 Å². The van der Waals surface area contributed by atoms with Crippen LogP contribution < -0.4 is 5.32 Å². The van der Waals surface area contributed by atoms with Gasteiger partial charge < -0.3 is 10.1 Å². The second-order valence-electron chi connectivity index (χ2n) is 4.69. The van der Waals surface area contributed by atoms with Crippen LogP contribution in [-0.4, -0.2) is 69.8 Å². The molecule has 1 amide bonds. The minimum atomic E-state index is -0.323. The van der Waals surface area contributed by atoms with E-state index < -0.39 is 0 Å². The van der Waals surface area contributed by atoms with Gasteiger partial charge in [0.05, 0.1) is 12.7 Å². The van der Waals surface area contributed by atoms with E-state index >= 15 is 0 Å². The molecule has 1 aromatic heterocycles. The molecule has 98 valence electrons. The fourth-order valence-corrected chi connectivity index (χ4v) is 2.55. The molecule has 2 N–H and O–H groups in total. The fourth-order valence-electron chi connectivity index (χ4n) is 2.55. The van der Waals surface area contributed by atoms with Crippen molar-refractivity contribution in [3.8, 4) is 0 Å². The predicted octanol–water partition coefficient (Wildman–Crippen LogP) is -1.21. The van der Waals surface area contributed by atoms with Gasteiger partial charge in [-0.25, -0.2) is 0 Å². The summed E-state index contributed by atoms with van der Waals surface area (Å²) in [6.45, 7) is 3.28. The van der Waals surface area contributed by atoms with Crippen LogP contribution in [0.25, 0.3) is 0 Å². The molecule has 1 aromatic rings. The van der Waals surface area contributed by atoms with E-state index in [1.807, 2.05) is 0 Å². The topological polar surface area (TPSA) is 96.0 Å². The molecule has 0 aromatic carbocycles. The lowest BCUT2D eigenvalue weighted by Gasteiger charge is -2.35. The average Bonchev–Trinajstić information content (AvgIpc) is 3.05. The van der Waals surface area contributed by atoms with Crippen molar-refractivity contribution in [2.75, 3.05) is 26.2 Å². The maximum absolute atomic E-state index is 11.6. The number of carbonyl (C=O) groups excluding carboxylic acids is 1. The minimum Gasteiger partial charge on any atom is -0.373 e. The second-order valence-corrected chi connectivity index (χ2v) is 4.69. The molecule has 0 aliphatic carbocycles. The number of fused-ring (bicyclic) bond motifs is 1. The summed E-state index contributed by atoms with van der Waals surface area (Å²) in [7, 11) is 0. The van der Waals surface area contributed by atoms with E-state index in [4.69, 9.17) is 4.74 Å². The molecule has 0 saturated carbocycles. The van der Waals surface area contributed by atoms with Crippen molar-refractivity contribution in [3.63, 3.8) is 0 Å². The third-order valence-electron chi connectivity index (χ3n) is 3.50. The van der Waals surface area contributed by atoms with Crippen molar-refractivity contribution in [3.05, 3.63) is 5.82 Å². The number of ether oxygens (including phenoxy) is 1. The van der Waals surface area contributed by atoms with Gasteiger partial charge >= 0.3 is 0 Å². The molecule has 0 radical (unpaired) electrons. The highest BCUT2D eigenvalue weighted by Crippen LogP contribution is 2.22. The highest BCUT2D eigenvalue weighted by molar-refractivity contribution is 5.89. The van der Waals surface area contributed by atoms with Crippen LogP contribution in [0.2, 0.25) is 0 Å². The van der Waals surface area contributed by atoms with E-state index in [0.29, 0.717) is 12.6 Å². The van der Waals surface area contributed by atoms with Crippen molar-refractivity contribution in [2.24, 2.45) is 0 Å². The summed E-state index contributed by atoms with van der Waals surface area (Å²) in [6, 6.07) is 0.578. The Kier molecular flexibility index (Phi) is 3.20. The summed E-state index contributed by atoms with van der Waals surface area (Å²) in [5.41, 5.74) is 0. The third-order valence-corrected chi connectivity index (χ3v) is 3.50. The van der Waals surface area contributed by atoms with Gasteiger partial charge in [0.25, 0.3) is 11.7 Å². The van der Waals surface area contributed by atoms with Crippen molar-refractivity contribution in [1.29, 1.82) is 0 Å². The molecule has 8 heteroatoms. The number of hydrogen-bond acceptors (Lipinski definition) is 6. The first-order chi connectivity index (χ1) is 8.83. The lowest BCUT2D eigenvalue weighted by atomic mass is 10.2. The molecule has 3 heterocycles. The van der Waals surface area contributed by atoms with Crippen LogP contribution >= 0.6 is 0 Å². The normalized spacial score (nSPS) is 28.0. The van der Waals surface area contributed by atoms with Crippen LogP contribution in [0.15, 0.2) is 0 Å². The number of morpholine rings is 1. The van der Waals surface area contributed by atoms with Crippen LogP contribution in [0.5, 0.6) is 0 Å². The van der Waals surface area contributed by atoms with Gasteiger partial charge in [-0.1, -0.05) is 0 Å². The van der Waals surface area contributed by atoms with Crippen LogP contribution in [-0.2, 0) is 4.74 Å². The van der Waals surface area contributed by atoms with Crippen LogP contribution in [0.4, 0.5) is 0 Å². The number of aromatic nitrogens is 4. The Morgan fingerprint density at radius 2 is 2.56 bits per heavy atom. The summed E-state index contributed by atoms with van der Waals surface area (Å²) in [5.74, 6) is -0.263. The van der Waals surface area contributed by atoms with E-state index in [1.165, 1.54) is 12.8 Å². The molecule has 0 spiro atoms. The largest absolute Gasteiger partial charge is 0.373 e. The van der Waals surface area contributed by atoms with E-state index in [-0.39, 0.29) is 17.8 Å². The van der Waals surface area contributed by atoms with Gasteiger partial charge in [-0.05, 0) is 24.6 Å². The monoisotopic (exact) mass is 252 g/mol. The molecule has 0 bridgehead atoms. The van der Waals surface area contributed by atoms with E-state index in [1.54, 1.807) is 0 Å². The number of carbonyl (C=O) groups is 1. The molecule has 2 aliphatic heterocycles. The molecule has 2 fully saturated rings. The number of amides is 1. The molecule has 2 unspecified atom stereocenters. The van der Waals surface area contributed by atoms with Gasteiger partial charge in [-0.2, -0.15) is 5.21 Å². The zero-order valence-electron chi connectivity index (χ0n) is 10.0. The Balaban J connectivity index is 1.47. The molecule has 3 rings (SSSR count). The lowest BCUT2D eigenvalue weighted by molar-refractivity contribution is -0.0462. The van der Waals surface area contributed by atoms with E-state index in [2.05, 4.69) is 30.8 Å². The Morgan fingerprint density at radius 1 is 1.61 bits per heavy atom. The number of tetrazole rings is 1. The zero-order chi connectivity index (χ0) is 12.4. The number of aromatic amines is 1. The first-order valence-corrected chi connectivity index (χ1v) is 6.20. The number of nitrogens with one attached hydrogen (secondary N) is 2. The number of hydrogen-bond donors (Lipinski definition) is 2. The predicted molar refractivity (Wildman–Crippen MR) is 60.8 cm³/mol. The quantitative estimate of drug-likeness (QED) is 0.701. The summed E-state index contributed by atoms with van der Waals surface area (Å²) in [6.07, 6.45) is 2.52. The average molecular weight is 252 g/mol. The molecular weight excluding hydrogens is 236 g/mol. The number of nitrogens with zero attached hydrogens (tertiary/aromatic N) is 4. The first kappa shape index (κ1) is 11.5. The zero-order valence-corrected chi connectivity index (χ0v) is 10.0. The summed E-state index contributed by atoms with van der Waals surface area (Å²) < 4.78 is 5.74. The molecule has 18 heavy (non-hydrogen) atoms. The molecule has 8 nitrogen and oxygen atoms in total. The maximum atomic E-state index is 11.6. The standard InChI is InChI=1S/C10H16N6O2/c17-10(9-12-14-15-13-9)11-4-8-5-16-3-1-2-7(16)6-18-8/h7-8H,1-6H2,(H,11,17)(H,12,13,14,15). The molecule has 2 atom stereocenters. The Bertz CT molecular complexity index is 409. The maximum Gasteiger partial charge on any atom is 0.292 e. The fraction of sp³-hybridized carbons (Fsp3) is 0.800. The smallest absolute Gasteiger partial charge is 0.292 e. The van der Waals surface area contributed by atoms with Gasteiger partial charge in [-0.3, -0.25) is 9.69 Å². The van der Waals surface area contributed by atoms with E-state index in [0.717, 1.165) is 19.7 Å². The molecular formula is C10H16N6O2. The second kappa shape index (κ2) is 4.99. The third kappa shape index (κ3) is 2.34. The SMILES string of the molecule is O=C(NCC1CN2CCCC2CO1)c1nn[nH]n1. The van der Waals surface area contributed by atoms with Crippen molar-refractivity contribution in [1.82, 2.24) is 30.8 Å². The number of rotatable bonds is 3. The van der Waals surface area contributed by atoms with Crippen molar-refractivity contribution >= 4 is 5.91 Å². The van der Waals surface area contributed by atoms with Gasteiger partial charge in [0.1, 0.15) is 0 Å². The first-order valence-electron chi connectivity index (χ1n) is 6.20. The molecule has 2 aliphatic rings. The van der Waals surface area contributed by atoms with E-state index in [9.17, 15) is 4.79 Å². The Hall–Kier alpha value is -1.54. The summed E-state index contributed by atoms with van der Waals surface area (Å²) in [5, 5.41) is 15.6. The Morgan fingerprint density at radius 3 is 3.39 bits per heavy atom. The van der Waals surface area contributed by atoms with Gasteiger partial charge in [0, 0.05) is 19.1 Å². The highest BCUT2D eigenvalue weighted by Gasteiger charge is 2.32. The van der Waals surface area contributed by atoms with Crippen molar-refractivity contribution < 1.29 is 9.53 Å². The summed E-state index contributed by atoms with van der Waals surface area (Å²) >= 11 is 0. The Labute approximate surface area is 104 Å². The summed E-state index contributed by atoms with van der Waals surface area (Å²) in [4.78, 5) is 14.1. The minimum absolute atomic E-state index is 0.0511. The number of H-pyrrole nitrogens is 1. The van der Waals surface area contributed by atoms with Crippen molar-refractivity contribution in [2.45, 2.75) is 25.0 Å². The van der Waals surface area contributed by atoms with Crippen LogP contribution in [0.3, 0.4) is 0 Å². The van der Waals surface area contributed by atoms with Gasteiger partial charge in [-0.15, -0.1) is 10.2 Å². The lowest BCUT2D eigenvalue weighted by Crippen LogP contribution is -2.50. The van der Waals surface area contributed by atoms with Crippen LogP contribution in [0.1, 0.15) is 23.5 Å². The molecule has 2 saturated heterocycles. The van der Waals surface area contributed by atoms with Crippen LogP contribution in [0, 0.1) is 0 Å².